The van der Waals surface area contributed by atoms with Crippen LogP contribution in [0, 0.1) is 0 Å². The molecule has 0 unspecified atom stereocenters. The number of rotatable bonds is 6. The van der Waals surface area contributed by atoms with Crippen LogP contribution in [0.5, 0.6) is 5.75 Å². The van der Waals surface area contributed by atoms with E-state index in [2.05, 4.69) is 5.32 Å². The van der Waals surface area contributed by atoms with Gasteiger partial charge in [0.05, 0.1) is 13.7 Å². The maximum absolute atomic E-state index is 12.1. The van der Waals surface area contributed by atoms with E-state index in [4.69, 9.17) is 4.74 Å². The van der Waals surface area contributed by atoms with Crippen molar-refractivity contribution >= 4 is 17.3 Å². The molecule has 0 aliphatic heterocycles. The SMILES string of the molecule is COc1ccc(C(=O)CNc2ccccc2C(C)=O)cc1. The van der Waals surface area contributed by atoms with Crippen LogP contribution >= 0.6 is 0 Å². The van der Waals surface area contributed by atoms with E-state index in [1.165, 1.54) is 6.92 Å². The Balaban J connectivity index is 2.05. The highest BCUT2D eigenvalue weighted by atomic mass is 16.5. The zero-order chi connectivity index (χ0) is 15.2. The van der Waals surface area contributed by atoms with Crippen molar-refractivity contribution in [3.8, 4) is 5.75 Å². The molecule has 1 N–H and O–H groups in total. The topological polar surface area (TPSA) is 55.4 Å². The summed E-state index contributed by atoms with van der Waals surface area (Å²) in [6, 6.07) is 14.1. The van der Waals surface area contributed by atoms with Gasteiger partial charge in [0.15, 0.2) is 11.6 Å². The highest BCUT2D eigenvalue weighted by Crippen LogP contribution is 2.16. The van der Waals surface area contributed by atoms with Crippen LogP contribution in [0.3, 0.4) is 0 Å². The molecule has 0 bridgehead atoms. The summed E-state index contributed by atoms with van der Waals surface area (Å²) in [5.74, 6) is 0.632. The van der Waals surface area contributed by atoms with Gasteiger partial charge in [-0.3, -0.25) is 9.59 Å². The molecular formula is C17H17NO3. The van der Waals surface area contributed by atoms with Crippen LogP contribution in [0.15, 0.2) is 48.5 Å². The fourth-order valence-corrected chi connectivity index (χ4v) is 2.00. The van der Waals surface area contributed by atoms with Gasteiger partial charge in [0.2, 0.25) is 0 Å². The van der Waals surface area contributed by atoms with Gasteiger partial charge in [-0.15, -0.1) is 0 Å². The molecule has 0 saturated heterocycles. The number of carbonyl (C=O) groups excluding carboxylic acids is 2. The van der Waals surface area contributed by atoms with Crippen LogP contribution in [0.4, 0.5) is 5.69 Å². The van der Waals surface area contributed by atoms with Crippen molar-refractivity contribution in [2.45, 2.75) is 6.92 Å². The normalized spacial score (nSPS) is 10.0. The Morgan fingerprint density at radius 2 is 1.71 bits per heavy atom. The molecule has 0 atom stereocenters. The van der Waals surface area contributed by atoms with Crippen molar-refractivity contribution in [1.29, 1.82) is 0 Å². The molecule has 0 saturated carbocycles. The Labute approximate surface area is 123 Å². The fourth-order valence-electron chi connectivity index (χ4n) is 2.00. The van der Waals surface area contributed by atoms with Gasteiger partial charge >= 0.3 is 0 Å². The first kappa shape index (κ1) is 14.8. The maximum Gasteiger partial charge on any atom is 0.181 e. The molecular weight excluding hydrogens is 266 g/mol. The third-order valence-electron chi connectivity index (χ3n) is 3.16. The average molecular weight is 283 g/mol. The smallest absolute Gasteiger partial charge is 0.181 e. The second-order valence-electron chi connectivity index (χ2n) is 4.61. The summed E-state index contributed by atoms with van der Waals surface area (Å²) in [6.45, 7) is 1.64. The van der Waals surface area contributed by atoms with Gasteiger partial charge < -0.3 is 10.1 Å². The lowest BCUT2D eigenvalue weighted by Gasteiger charge is -2.09. The summed E-state index contributed by atoms with van der Waals surface area (Å²) < 4.78 is 5.06. The largest absolute Gasteiger partial charge is 0.497 e. The number of hydrogen-bond donors (Lipinski definition) is 1. The van der Waals surface area contributed by atoms with Gasteiger partial charge in [0.25, 0.3) is 0 Å². The summed E-state index contributed by atoms with van der Waals surface area (Å²) >= 11 is 0. The summed E-state index contributed by atoms with van der Waals surface area (Å²) in [6.07, 6.45) is 0. The number of ether oxygens (including phenoxy) is 1. The highest BCUT2D eigenvalue weighted by Gasteiger charge is 2.09. The van der Waals surface area contributed by atoms with E-state index in [1.54, 1.807) is 49.6 Å². The Bertz CT molecular complexity index is 647. The summed E-state index contributed by atoms with van der Waals surface area (Å²) in [7, 11) is 1.58. The third-order valence-corrected chi connectivity index (χ3v) is 3.16. The van der Waals surface area contributed by atoms with Crippen LogP contribution in [0.1, 0.15) is 27.6 Å². The first-order valence-corrected chi connectivity index (χ1v) is 6.63. The number of para-hydroxylation sites is 1. The highest BCUT2D eigenvalue weighted by molar-refractivity contribution is 6.02. The molecule has 108 valence electrons. The summed E-state index contributed by atoms with van der Waals surface area (Å²) in [5, 5.41) is 3.02. The van der Waals surface area contributed by atoms with Crippen molar-refractivity contribution in [1.82, 2.24) is 0 Å². The molecule has 0 fully saturated rings. The molecule has 0 heterocycles. The standard InChI is InChI=1S/C17H17NO3/c1-12(19)15-5-3-4-6-16(15)18-11-17(20)13-7-9-14(21-2)10-8-13/h3-10,18H,11H2,1-2H3. The second kappa shape index (κ2) is 6.70. The van der Waals surface area contributed by atoms with E-state index in [0.717, 1.165) is 0 Å². The molecule has 2 aromatic rings. The molecule has 0 aliphatic rings. The Morgan fingerprint density at radius 1 is 1.05 bits per heavy atom. The average Bonchev–Trinajstić information content (AvgIpc) is 2.52. The van der Waals surface area contributed by atoms with Crippen LogP contribution < -0.4 is 10.1 Å². The van der Waals surface area contributed by atoms with Crippen LogP contribution in [-0.4, -0.2) is 25.2 Å². The summed E-state index contributed by atoms with van der Waals surface area (Å²) in [5.41, 5.74) is 1.86. The van der Waals surface area contributed by atoms with E-state index < -0.39 is 0 Å². The second-order valence-corrected chi connectivity index (χ2v) is 4.61. The fraction of sp³-hybridized carbons (Fsp3) is 0.176. The number of nitrogens with one attached hydrogen (secondary N) is 1. The molecule has 0 radical (unpaired) electrons. The summed E-state index contributed by atoms with van der Waals surface area (Å²) in [4.78, 5) is 23.6. The maximum atomic E-state index is 12.1. The number of Topliss-reactive ketones (excluding diaryl/α,β-unsaturated/α-hetero) is 2. The van der Waals surface area contributed by atoms with E-state index in [9.17, 15) is 9.59 Å². The van der Waals surface area contributed by atoms with E-state index in [-0.39, 0.29) is 18.1 Å². The van der Waals surface area contributed by atoms with Gasteiger partial charge in [0.1, 0.15) is 5.75 Å². The van der Waals surface area contributed by atoms with Crippen LogP contribution in [-0.2, 0) is 0 Å². The van der Waals surface area contributed by atoms with Gasteiger partial charge in [0, 0.05) is 16.8 Å². The van der Waals surface area contributed by atoms with E-state index >= 15 is 0 Å². The molecule has 4 nitrogen and oxygen atoms in total. The predicted octanol–water partition coefficient (Wildman–Crippen LogP) is 3.19. The number of ketones is 2. The number of benzene rings is 2. The Morgan fingerprint density at radius 3 is 2.33 bits per heavy atom. The van der Waals surface area contributed by atoms with E-state index in [0.29, 0.717) is 22.6 Å². The minimum atomic E-state index is -0.0454. The van der Waals surface area contributed by atoms with Gasteiger partial charge in [-0.1, -0.05) is 12.1 Å². The van der Waals surface area contributed by atoms with E-state index in [1.807, 2.05) is 6.07 Å². The van der Waals surface area contributed by atoms with Crippen LogP contribution in [0.25, 0.3) is 0 Å². The minimum absolute atomic E-state index is 0.0324. The number of anilines is 1. The van der Waals surface area contributed by atoms with Crippen molar-refractivity contribution in [3.63, 3.8) is 0 Å². The van der Waals surface area contributed by atoms with Crippen molar-refractivity contribution in [2.24, 2.45) is 0 Å². The number of carbonyl (C=O) groups is 2. The predicted molar refractivity (Wildman–Crippen MR) is 82.3 cm³/mol. The van der Waals surface area contributed by atoms with Gasteiger partial charge in [-0.25, -0.2) is 0 Å². The Kier molecular flexibility index (Phi) is 4.72. The monoisotopic (exact) mass is 283 g/mol. The minimum Gasteiger partial charge on any atom is -0.497 e. The first-order chi connectivity index (χ1) is 10.1. The lowest BCUT2D eigenvalue weighted by atomic mass is 10.1. The molecule has 2 aromatic carbocycles. The van der Waals surface area contributed by atoms with Crippen molar-refractivity contribution in [2.75, 3.05) is 19.0 Å². The van der Waals surface area contributed by atoms with Crippen molar-refractivity contribution < 1.29 is 14.3 Å². The number of methoxy groups -OCH3 is 1. The molecule has 4 heteroatoms. The molecule has 0 aliphatic carbocycles. The zero-order valence-electron chi connectivity index (χ0n) is 12.1. The quantitative estimate of drug-likeness (QED) is 0.827. The first-order valence-electron chi connectivity index (χ1n) is 6.63. The molecule has 0 amide bonds. The molecule has 2 rings (SSSR count). The third kappa shape index (κ3) is 3.69. The molecule has 0 aromatic heterocycles. The lowest BCUT2D eigenvalue weighted by Crippen LogP contribution is -2.15. The lowest BCUT2D eigenvalue weighted by molar-refractivity contribution is 0.0997. The number of hydrogen-bond acceptors (Lipinski definition) is 4. The van der Waals surface area contributed by atoms with Gasteiger partial charge in [-0.2, -0.15) is 0 Å². The Hall–Kier alpha value is -2.62. The zero-order valence-corrected chi connectivity index (χ0v) is 12.1. The molecule has 21 heavy (non-hydrogen) atoms. The van der Waals surface area contributed by atoms with Crippen LogP contribution in [0.2, 0.25) is 0 Å². The van der Waals surface area contributed by atoms with Gasteiger partial charge in [-0.05, 0) is 43.3 Å². The molecule has 0 spiro atoms. The van der Waals surface area contributed by atoms with Crippen molar-refractivity contribution in [3.05, 3.63) is 59.7 Å².